The molecule has 4 N–H and O–H groups in total. The van der Waals surface area contributed by atoms with Gasteiger partial charge in [0, 0.05) is 25.6 Å². The van der Waals surface area contributed by atoms with Crippen LogP contribution in [0.2, 0.25) is 0 Å². The van der Waals surface area contributed by atoms with Crippen LogP contribution in [0.3, 0.4) is 0 Å². The van der Waals surface area contributed by atoms with Gasteiger partial charge in [-0.05, 0) is 19.3 Å². The number of urea groups is 1. The standard InChI is InChI=1S/C12H21N3O4/c1-8(11(17)18)7-14-12(19)13-6-2-3-10(16)15-9-4-5-9/h8-9H,2-7H2,1H3,(H,15,16)(H,17,18)(H2,13,14,19). The largest absolute Gasteiger partial charge is 0.481 e. The maximum Gasteiger partial charge on any atom is 0.314 e. The van der Waals surface area contributed by atoms with Crippen LogP contribution in [0, 0.1) is 5.92 Å². The van der Waals surface area contributed by atoms with Crippen molar-refractivity contribution in [3.05, 3.63) is 0 Å². The second-order valence-electron chi connectivity index (χ2n) is 4.82. The molecule has 1 rings (SSSR count). The molecule has 7 nitrogen and oxygen atoms in total. The van der Waals surface area contributed by atoms with Crippen LogP contribution in [0.5, 0.6) is 0 Å². The molecule has 1 unspecified atom stereocenters. The van der Waals surface area contributed by atoms with E-state index in [0.29, 0.717) is 25.4 Å². The molecule has 0 aromatic heterocycles. The number of nitrogens with one attached hydrogen (secondary N) is 3. The molecular formula is C12H21N3O4. The molecule has 3 amide bonds. The summed E-state index contributed by atoms with van der Waals surface area (Å²) in [6.45, 7) is 2.00. The molecule has 1 aliphatic carbocycles. The molecule has 0 saturated heterocycles. The Labute approximate surface area is 112 Å². The van der Waals surface area contributed by atoms with E-state index in [2.05, 4.69) is 16.0 Å². The topological polar surface area (TPSA) is 108 Å². The zero-order valence-corrected chi connectivity index (χ0v) is 11.1. The lowest BCUT2D eigenvalue weighted by atomic mass is 10.2. The number of rotatable bonds is 8. The molecule has 0 heterocycles. The van der Waals surface area contributed by atoms with Gasteiger partial charge < -0.3 is 21.1 Å². The summed E-state index contributed by atoms with van der Waals surface area (Å²) in [5.74, 6) is -1.55. The Balaban J connectivity index is 1.97. The number of hydrogen-bond acceptors (Lipinski definition) is 3. The average Bonchev–Trinajstić information content (AvgIpc) is 3.15. The van der Waals surface area contributed by atoms with Crippen molar-refractivity contribution in [3.63, 3.8) is 0 Å². The molecule has 19 heavy (non-hydrogen) atoms. The number of carbonyl (C=O) groups is 3. The first-order valence-electron chi connectivity index (χ1n) is 6.53. The highest BCUT2D eigenvalue weighted by atomic mass is 16.4. The predicted molar refractivity (Wildman–Crippen MR) is 68.6 cm³/mol. The van der Waals surface area contributed by atoms with Crippen LogP contribution in [0.25, 0.3) is 0 Å². The fourth-order valence-electron chi connectivity index (χ4n) is 1.37. The van der Waals surface area contributed by atoms with Crippen LogP contribution in [0.1, 0.15) is 32.6 Å². The van der Waals surface area contributed by atoms with E-state index < -0.39 is 17.9 Å². The van der Waals surface area contributed by atoms with Crippen molar-refractivity contribution in [2.24, 2.45) is 5.92 Å². The molecule has 0 aliphatic heterocycles. The zero-order valence-electron chi connectivity index (χ0n) is 11.1. The highest BCUT2D eigenvalue weighted by Gasteiger charge is 2.22. The number of carboxylic acids is 1. The van der Waals surface area contributed by atoms with Gasteiger partial charge in [0.1, 0.15) is 0 Å². The summed E-state index contributed by atoms with van der Waals surface area (Å²) in [7, 11) is 0. The molecule has 0 aromatic rings. The van der Waals surface area contributed by atoms with E-state index >= 15 is 0 Å². The fraction of sp³-hybridized carbons (Fsp3) is 0.750. The molecule has 0 radical (unpaired) electrons. The molecule has 1 fully saturated rings. The van der Waals surface area contributed by atoms with E-state index in [9.17, 15) is 14.4 Å². The summed E-state index contributed by atoms with van der Waals surface area (Å²) in [5, 5.41) is 16.5. The van der Waals surface area contributed by atoms with Crippen molar-refractivity contribution < 1.29 is 19.5 Å². The lowest BCUT2D eigenvalue weighted by Gasteiger charge is -2.09. The van der Waals surface area contributed by atoms with Gasteiger partial charge in [-0.25, -0.2) is 4.79 Å². The van der Waals surface area contributed by atoms with Crippen LogP contribution < -0.4 is 16.0 Å². The summed E-state index contributed by atoms with van der Waals surface area (Å²) in [4.78, 5) is 33.1. The minimum atomic E-state index is -0.947. The fourth-order valence-corrected chi connectivity index (χ4v) is 1.37. The second-order valence-corrected chi connectivity index (χ2v) is 4.82. The molecule has 0 aromatic carbocycles. The lowest BCUT2D eigenvalue weighted by Crippen LogP contribution is -2.39. The van der Waals surface area contributed by atoms with Crippen LogP contribution in [-0.4, -0.2) is 42.1 Å². The van der Waals surface area contributed by atoms with E-state index in [1.54, 1.807) is 0 Å². The summed E-state index contributed by atoms with van der Waals surface area (Å²) in [6.07, 6.45) is 3.09. The molecule has 0 spiro atoms. The van der Waals surface area contributed by atoms with Crippen molar-refractivity contribution in [3.8, 4) is 0 Å². The van der Waals surface area contributed by atoms with E-state index in [-0.39, 0.29) is 12.5 Å². The number of carbonyl (C=O) groups excluding carboxylic acids is 2. The Kier molecular flexibility index (Phi) is 6.11. The van der Waals surface area contributed by atoms with Gasteiger partial charge in [-0.15, -0.1) is 0 Å². The second kappa shape index (κ2) is 7.60. The van der Waals surface area contributed by atoms with Crippen molar-refractivity contribution in [2.45, 2.75) is 38.6 Å². The number of aliphatic carboxylic acids is 1. The lowest BCUT2D eigenvalue weighted by molar-refractivity contribution is -0.140. The molecule has 7 heteroatoms. The summed E-state index contributed by atoms with van der Waals surface area (Å²) in [5.41, 5.74) is 0. The van der Waals surface area contributed by atoms with E-state index in [0.717, 1.165) is 12.8 Å². The van der Waals surface area contributed by atoms with Crippen LogP contribution in [-0.2, 0) is 9.59 Å². The third-order valence-electron chi connectivity index (χ3n) is 2.80. The maximum atomic E-state index is 11.3. The molecular weight excluding hydrogens is 250 g/mol. The van der Waals surface area contributed by atoms with Gasteiger partial charge in [0.15, 0.2) is 0 Å². The molecule has 1 atom stereocenters. The van der Waals surface area contributed by atoms with Gasteiger partial charge in [-0.3, -0.25) is 9.59 Å². The minimum Gasteiger partial charge on any atom is -0.481 e. The van der Waals surface area contributed by atoms with Crippen molar-refractivity contribution in [2.75, 3.05) is 13.1 Å². The van der Waals surface area contributed by atoms with Crippen LogP contribution >= 0.6 is 0 Å². The number of carboxylic acid groups (broad SMARTS) is 1. The van der Waals surface area contributed by atoms with E-state index in [1.807, 2.05) is 0 Å². The highest BCUT2D eigenvalue weighted by Crippen LogP contribution is 2.18. The third-order valence-corrected chi connectivity index (χ3v) is 2.80. The number of hydrogen-bond donors (Lipinski definition) is 4. The third kappa shape index (κ3) is 7.28. The number of amides is 3. The molecule has 1 saturated carbocycles. The van der Waals surface area contributed by atoms with Gasteiger partial charge in [0.05, 0.1) is 5.92 Å². The molecule has 0 bridgehead atoms. The van der Waals surface area contributed by atoms with E-state index in [4.69, 9.17) is 5.11 Å². The van der Waals surface area contributed by atoms with Gasteiger partial charge in [-0.2, -0.15) is 0 Å². The van der Waals surface area contributed by atoms with Gasteiger partial charge in [0.25, 0.3) is 0 Å². The van der Waals surface area contributed by atoms with Crippen LogP contribution in [0.4, 0.5) is 4.79 Å². The SMILES string of the molecule is CC(CNC(=O)NCCCC(=O)NC1CC1)C(=O)O. The Bertz CT molecular complexity index is 342. The Morgan fingerprint density at radius 1 is 1.26 bits per heavy atom. The Hall–Kier alpha value is -1.79. The van der Waals surface area contributed by atoms with Gasteiger partial charge in [0.2, 0.25) is 5.91 Å². The van der Waals surface area contributed by atoms with Crippen molar-refractivity contribution in [1.82, 2.24) is 16.0 Å². The average molecular weight is 271 g/mol. The first-order valence-corrected chi connectivity index (χ1v) is 6.53. The maximum absolute atomic E-state index is 11.3. The highest BCUT2D eigenvalue weighted by molar-refractivity contribution is 5.77. The Morgan fingerprint density at radius 3 is 2.53 bits per heavy atom. The van der Waals surface area contributed by atoms with Crippen molar-refractivity contribution in [1.29, 1.82) is 0 Å². The first kappa shape index (κ1) is 15.3. The van der Waals surface area contributed by atoms with Gasteiger partial charge in [-0.1, -0.05) is 6.92 Å². The summed E-state index contributed by atoms with van der Waals surface area (Å²) >= 11 is 0. The van der Waals surface area contributed by atoms with Crippen LogP contribution in [0.15, 0.2) is 0 Å². The molecule has 108 valence electrons. The Morgan fingerprint density at radius 2 is 1.95 bits per heavy atom. The quantitative estimate of drug-likeness (QED) is 0.468. The minimum absolute atomic E-state index is 0.0178. The summed E-state index contributed by atoms with van der Waals surface area (Å²) < 4.78 is 0. The van der Waals surface area contributed by atoms with Crippen molar-refractivity contribution >= 4 is 17.9 Å². The normalized spacial score (nSPS) is 15.4. The summed E-state index contributed by atoms with van der Waals surface area (Å²) in [6, 6.07) is -0.0445. The first-order chi connectivity index (χ1) is 8.99. The van der Waals surface area contributed by atoms with E-state index in [1.165, 1.54) is 6.92 Å². The smallest absolute Gasteiger partial charge is 0.314 e. The zero-order chi connectivity index (χ0) is 14.3. The van der Waals surface area contributed by atoms with Gasteiger partial charge >= 0.3 is 12.0 Å². The molecule has 1 aliphatic rings. The predicted octanol–water partition coefficient (Wildman–Crippen LogP) is 0.0651. The monoisotopic (exact) mass is 271 g/mol.